The number of carbonyl (C=O) groups excluding carboxylic acids is 2. The molecular weight excluding hydrogens is 735 g/mol. The van der Waals surface area contributed by atoms with Crippen molar-refractivity contribution in [1.82, 2.24) is 20.6 Å². The van der Waals surface area contributed by atoms with Gasteiger partial charge >= 0.3 is 0 Å². The van der Waals surface area contributed by atoms with Gasteiger partial charge in [-0.25, -0.2) is 0 Å². The van der Waals surface area contributed by atoms with E-state index < -0.39 is 43.4 Å². The fourth-order valence-corrected chi connectivity index (χ4v) is 10.1. The molecule has 5 N–H and O–H groups in total. The number of para-hydroxylation sites is 1. The van der Waals surface area contributed by atoms with E-state index in [0.29, 0.717) is 47.2 Å². The summed E-state index contributed by atoms with van der Waals surface area (Å²) < 4.78 is 6.13. The minimum absolute atomic E-state index is 0.0359. The molecule has 1 aliphatic heterocycles. The molecular formula is C46H65N5O7. The van der Waals surface area contributed by atoms with Crippen molar-refractivity contribution in [3.8, 4) is 16.9 Å². The number of benzene rings is 3. The summed E-state index contributed by atoms with van der Waals surface area (Å²) in [6, 6.07) is 19.3. The van der Waals surface area contributed by atoms with Crippen molar-refractivity contribution < 1.29 is 34.5 Å². The molecule has 0 aromatic heterocycles. The fourth-order valence-electron chi connectivity index (χ4n) is 10.1. The quantitative estimate of drug-likeness (QED) is 0.140. The molecule has 316 valence electrons. The molecule has 3 saturated carbocycles. The zero-order valence-electron chi connectivity index (χ0n) is 35.7. The predicted octanol–water partition coefficient (Wildman–Crippen LogP) is 4.52. The van der Waals surface area contributed by atoms with Gasteiger partial charge in [-0.3, -0.25) is 14.4 Å². The molecule has 58 heavy (non-hydrogen) atoms. The first kappa shape index (κ1) is 43.5. The molecule has 3 aliphatic carbocycles. The van der Waals surface area contributed by atoms with Crippen molar-refractivity contribution in [2.75, 3.05) is 60.0 Å². The summed E-state index contributed by atoms with van der Waals surface area (Å²) in [5, 5.41) is 40.8. The third kappa shape index (κ3) is 8.78. The van der Waals surface area contributed by atoms with Crippen LogP contribution < -0.4 is 20.3 Å². The molecule has 3 aromatic rings. The van der Waals surface area contributed by atoms with Gasteiger partial charge in [-0.1, -0.05) is 69.3 Å². The van der Waals surface area contributed by atoms with Gasteiger partial charge in [0.2, 0.25) is 5.91 Å². The maximum absolute atomic E-state index is 14.5. The van der Waals surface area contributed by atoms with E-state index in [1.165, 1.54) is 11.5 Å². The molecule has 2 bridgehead atoms. The number of nitrogens with one attached hydrogen (secondary N) is 2. The summed E-state index contributed by atoms with van der Waals surface area (Å²) in [5.41, 5.74) is 4.61. The highest BCUT2D eigenvalue weighted by molar-refractivity contribution is 5.97. The van der Waals surface area contributed by atoms with Gasteiger partial charge in [0, 0.05) is 61.0 Å². The summed E-state index contributed by atoms with van der Waals surface area (Å²) >= 11 is 0. The monoisotopic (exact) mass is 799 g/mol. The normalized spacial score (nSPS) is 26.7. The molecule has 1 saturated heterocycles. The van der Waals surface area contributed by atoms with E-state index in [1.807, 2.05) is 87.7 Å². The number of hydroxylamine groups is 2. The number of nitrogens with zero attached hydrogens (tertiary/aromatic N) is 3. The van der Waals surface area contributed by atoms with Gasteiger partial charge in [-0.05, 0) is 92.8 Å². The van der Waals surface area contributed by atoms with Gasteiger partial charge in [0.25, 0.3) is 5.91 Å². The predicted molar refractivity (Wildman–Crippen MR) is 226 cm³/mol. The van der Waals surface area contributed by atoms with Crippen molar-refractivity contribution >= 4 is 17.5 Å². The number of amides is 2. The average molecular weight is 800 g/mol. The number of aliphatic hydroxyl groups is 3. The molecule has 1 heterocycles. The molecule has 12 heteroatoms. The largest absolute Gasteiger partial charge is 0.496 e. The lowest BCUT2D eigenvalue weighted by Gasteiger charge is -2.62. The molecule has 7 rings (SSSR count). The topological polar surface area (TPSA) is 147 Å². The second-order valence-corrected chi connectivity index (χ2v) is 17.9. The van der Waals surface area contributed by atoms with E-state index in [4.69, 9.17) is 9.57 Å². The number of ether oxygens (including phenoxy) is 1. The molecule has 10 atom stereocenters. The molecule has 0 spiro atoms. The molecule has 2 amide bonds. The van der Waals surface area contributed by atoms with Gasteiger partial charge in [-0.2, -0.15) is 5.06 Å². The van der Waals surface area contributed by atoms with Crippen molar-refractivity contribution in [3.63, 3.8) is 0 Å². The van der Waals surface area contributed by atoms with Crippen molar-refractivity contribution in [2.24, 2.45) is 29.1 Å². The van der Waals surface area contributed by atoms with Gasteiger partial charge in [0.1, 0.15) is 17.9 Å². The highest BCUT2D eigenvalue weighted by atomic mass is 16.7. The van der Waals surface area contributed by atoms with Crippen molar-refractivity contribution in [3.05, 3.63) is 83.4 Å². The first-order valence-electron chi connectivity index (χ1n) is 20.7. The van der Waals surface area contributed by atoms with Crippen LogP contribution in [0.1, 0.15) is 68.1 Å². The van der Waals surface area contributed by atoms with Crippen LogP contribution in [-0.4, -0.2) is 122 Å². The standard InChI is InChI=1S/C46H65N5O7/c1-27-37-22-32(46(37,3)4)23-38(27)48-45(56)42-41(28(2)54)40(26-53)58-51(42)39(25-52)36-17-13-16-35(43(36)57-9)30-19-31(21-34(20-30)50(7)8)44(55)47-33(24-49(5)6)18-29-14-11-10-12-15-29/h10-17,19-21,27-28,32-33,37-42,52-54H,18,22-26H2,1-9H3,(H,47,55)(H,48,56)/t27-,28?,32+,33-,37-,38-,39-,40-,41+,42-/m0/s1. The Balaban J connectivity index is 1.33. The lowest BCUT2D eigenvalue weighted by molar-refractivity contribution is -0.206. The minimum atomic E-state index is -1.01. The number of rotatable bonds is 16. The maximum atomic E-state index is 14.5. The molecule has 4 fully saturated rings. The third-order valence-corrected chi connectivity index (χ3v) is 13.4. The van der Waals surface area contributed by atoms with E-state index in [9.17, 15) is 24.9 Å². The SMILES string of the molecule is COc1c(-c2cc(C(=O)N[C@@H](Cc3ccccc3)CN(C)C)cc(N(C)C)c2)cccc1[C@H](CO)N1O[C@@H](CO)[C@@H](C(C)O)[C@H]1C(=O)N[C@H]1C[C@H]2C[C@@H]([C@@H]1C)C2(C)C. The Morgan fingerprint density at radius 1 is 1.02 bits per heavy atom. The lowest BCUT2D eigenvalue weighted by Crippen LogP contribution is -2.62. The second-order valence-electron chi connectivity index (χ2n) is 17.9. The summed E-state index contributed by atoms with van der Waals surface area (Å²) in [6.07, 6.45) is 0.838. The van der Waals surface area contributed by atoms with Crippen LogP contribution >= 0.6 is 0 Å². The first-order valence-corrected chi connectivity index (χ1v) is 20.7. The highest BCUT2D eigenvalue weighted by Crippen LogP contribution is 2.61. The van der Waals surface area contributed by atoms with Crippen LogP contribution in [0.15, 0.2) is 66.7 Å². The van der Waals surface area contributed by atoms with Crippen LogP contribution in [0.4, 0.5) is 5.69 Å². The van der Waals surface area contributed by atoms with Crippen molar-refractivity contribution in [1.29, 1.82) is 0 Å². The Bertz CT molecular complexity index is 1890. The summed E-state index contributed by atoms with van der Waals surface area (Å²) in [5.74, 6) is 0.462. The van der Waals surface area contributed by atoms with Gasteiger partial charge < -0.3 is 40.5 Å². The Morgan fingerprint density at radius 2 is 1.74 bits per heavy atom. The van der Waals surface area contributed by atoms with E-state index in [1.54, 1.807) is 14.0 Å². The number of methoxy groups -OCH3 is 1. The first-order chi connectivity index (χ1) is 27.6. The van der Waals surface area contributed by atoms with Crippen LogP contribution in [0.25, 0.3) is 11.1 Å². The zero-order chi connectivity index (χ0) is 42.1. The van der Waals surface area contributed by atoms with E-state index in [2.05, 4.69) is 48.4 Å². The Hall–Kier alpha value is -4.04. The molecule has 12 nitrogen and oxygen atoms in total. The third-order valence-electron chi connectivity index (χ3n) is 13.4. The second kappa shape index (κ2) is 18.1. The lowest BCUT2D eigenvalue weighted by atomic mass is 9.45. The smallest absolute Gasteiger partial charge is 0.251 e. The van der Waals surface area contributed by atoms with Gasteiger partial charge in [0.05, 0.1) is 32.5 Å². The number of fused-ring (bicyclic) bond motifs is 2. The van der Waals surface area contributed by atoms with Crippen LogP contribution in [0.5, 0.6) is 5.75 Å². The number of carbonyl (C=O) groups is 2. The molecule has 0 radical (unpaired) electrons. The number of hydrogen-bond acceptors (Lipinski definition) is 10. The van der Waals surface area contributed by atoms with Crippen LogP contribution in [0.2, 0.25) is 0 Å². The maximum Gasteiger partial charge on any atom is 0.251 e. The number of anilines is 1. The fraction of sp³-hybridized carbons (Fsp3) is 0.565. The van der Waals surface area contributed by atoms with Crippen LogP contribution in [0, 0.1) is 29.1 Å². The Morgan fingerprint density at radius 3 is 2.33 bits per heavy atom. The molecule has 3 aromatic carbocycles. The van der Waals surface area contributed by atoms with Crippen molar-refractivity contribution in [2.45, 2.75) is 83.3 Å². The van der Waals surface area contributed by atoms with E-state index >= 15 is 0 Å². The Labute approximate surface area is 344 Å². The van der Waals surface area contributed by atoms with Gasteiger partial charge in [0.15, 0.2) is 0 Å². The zero-order valence-corrected chi connectivity index (χ0v) is 35.7. The number of aliphatic hydroxyl groups excluding tert-OH is 3. The summed E-state index contributed by atoms with van der Waals surface area (Å²) in [4.78, 5) is 38.9. The van der Waals surface area contributed by atoms with Crippen LogP contribution in [0.3, 0.4) is 0 Å². The summed E-state index contributed by atoms with van der Waals surface area (Å²) in [6.45, 7) is 8.22. The minimum Gasteiger partial charge on any atom is -0.496 e. The molecule has 1 unspecified atom stereocenters. The molecule has 4 aliphatic rings. The van der Waals surface area contributed by atoms with Gasteiger partial charge in [-0.15, -0.1) is 0 Å². The summed E-state index contributed by atoms with van der Waals surface area (Å²) in [7, 11) is 9.37. The van der Waals surface area contributed by atoms with E-state index in [0.717, 1.165) is 23.2 Å². The highest BCUT2D eigenvalue weighted by Gasteiger charge is 2.58. The van der Waals surface area contributed by atoms with E-state index in [-0.39, 0.29) is 35.2 Å². The average Bonchev–Trinajstić information content (AvgIpc) is 3.58. The Kier molecular flexibility index (Phi) is 13.6. The number of hydrogen-bond donors (Lipinski definition) is 5. The van der Waals surface area contributed by atoms with Crippen LogP contribution in [-0.2, 0) is 16.1 Å². The number of likely N-dealkylation sites (N-methyl/N-ethyl adjacent to an activating group) is 1.